The molecule has 142 valence electrons. The summed E-state index contributed by atoms with van der Waals surface area (Å²) >= 11 is 6.14. The number of rotatable bonds is 5. The van der Waals surface area contributed by atoms with Crippen molar-refractivity contribution in [2.45, 2.75) is 19.1 Å². The molecule has 0 saturated heterocycles. The topological polar surface area (TPSA) is 81.4 Å². The van der Waals surface area contributed by atoms with Gasteiger partial charge in [0.25, 0.3) is 5.91 Å². The van der Waals surface area contributed by atoms with Crippen LogP contribution in [0.15, 0.2) is 60.0 Å². The Morgan fingerprint density at radius 3 is 2.82 bits per heavy atom. The normalized spacial score (nSPS) is 15.8. The molecule has 0 saturated carbocycles. The fraction of sp³-hybridized carbons (Fsp3) is 0.158. The molecule has 1 amide bonds. The van der Waals surface area contributed by atoms with Crippen molar-refractivity contribution in [1.29, 1.82) is 0 Å². The van der Waals surface area contributed by atoms with Gasteiger partial charge in [0.05, 0.1) is 12.3 Å². The smallest absolute Gasteiger partial charge is 0.271 e. The van der Waals surface area contributed by atoms with E-state index >= 15 is 0 Å². The Hall–Kier alpha value is -3.26. The van der Waals surface area contributed by atoms with Crippen molar-refractivity contribution in [3.8, 4) is 0 Å². The quantitative estimate of drug-likeness (QED) is 0.714. The molecule has 0 fully saturated rings. The standard InChI is InChI=1S/C19H15ClFN5O2/c20-15-4-2-1-3-13(15)10-26-11-22-19(24-26)23-18(27)17-9-16(25-28-17)12-5-7-14(21)8-6-12/h1-8,11,17H,9-10H2,(H,23,24,27). The van der Waals surface area contributed by atoms with Gasteiger partial charge in [-0.3, -0.25) is 10.1 Å². The SMILES string of the molecule is O=C(Nc1ncn(Cc2ccccc2Cl)n1)C1CC(c2ccc(F)cc2)=NO1. The molecule has 4 rings (SSSR count). The summed E-state index contributed by atoms with van der Waals surface area (Å²) in [5.41, 5.74) is 2.18. The summed E-state index contributed by atoms with van der Waals surface area (Å²) in [7, 11) is 0. The second-order valence-electron chi connectivity index (χ2n) is 6.19. The van der Waals surface area contributed by atoms with Crippen LogP contribution in [0.2, 0.25) is 5.02 Å². The van der Waals surface area contributed by atoms with Gasteiger partial charge >= 0.3 is 0 Å². The second kappa shape index (κ2) is 7.77. The number of halogens is 2. The van der Waals surface area contributed by atoms with E-state index in [2.05, 4.69) is 20.6 Å². The lowest BCUT2D eigenvalue weighted by molar-refractivity contribution is -0.125. The second-order valence-corrected chi connectivity index (χ2v) is 6.60. The van der Waals surface area contributed by atoms with Crippen LogP contribution >= 0.6 is 11.6 Å². The lowest BCUT2D eigenvalue weighted by atomic mass is 10.0. The molecule has 1 aliphatic rings. The van der Waals surface area contributed by atoms with Crippen molar-refractivity contribution < 1.29 is 14.0 Å². The Balaban J connectivity index is 1.35. The zero-order valence-corrected chi connectivity index (χ0v) is 15.3. The van der Waals surface area contributed by atoms with Crippen molar-refractivity contribution in [2.75, 3.05) is 5.32 Å². The number of amides is 1. The third kappa shape index (κ3) is 4.01. The van der Waals surface area contributed by atoms with Crippen molar-refractivity contribution in [1.82, 2.24) is 14.8 Å². The molecule has 28 heavy (non-hydrogen) atoms. The van der Waals surface area contributed by atoms with E-state index in [-0.39, 0.29) is 18.2 Å². The highest BCUT2D eigenvalue weighted by Crippen LogP contribution is 2.19. The van der Waals surface area contributed by atoms with Crippen molar-refractivity contribution in [2.24, 2.45) is 5.16 Å². The highest BCUT2D eigenvalue weighted by Gasteiger charge is 2.29. The first-order valence-corrected chi connectivity index (χ1v) is 8.88. The van der Waals surface area contributed by atoms with Gasteiger partial charge in [-0.05, 0) is 29.3 Å². The van der Waals surface area contributed by atoms with Crippen LogP contribution in [0.1, 0.15) is 17.5 Å². The third-order valence-electron chi connectivity index (χ3n) is 4.20. The summed E-state index contributed by atoms with van der Waals surface area (Å²) < 4.78 is 14.6. The van der Waals surface area contributed by atoms with Crippen LogP contribution in [0, 0.1) is 5.82 Å². The Kier molecular flexibility index (Phi) is 5.03. The molecule has 9 heteroatoms. The summed E-state index contributed by atoms with van der Waals surface area (Å²) in [4.78, 5) is 21.7. The van der Waals surface area contributed by atoms with Gasteiger partial charge in [0, 0.05) is 11.4 Å². The van der Waals surface area contributed by atoms with Gasteiger partial charge in [-0.15, -0.1) is 5.10 Å². The highest BCUT2D eigenvalue weighted by atomic mass is 35.5. The Labute approximate surface area is 164 Å². The first kappa shape index (κ1) is 18.1. The number of benzene rings is 2. The van der Waals surface area contributed by atoms with Crippen molar-refractivity contribution in [3.63, 3.8) is 0 Å². The van der Waals surface area contributed by atoms with Gasteiger partial charge in [-0.1, -0.05) is 47.1 Å². The van der Waals surface area contributed by atoms with Crippen LogP contribution in [0.25, 0.3) is 0 Å². The fourth-order valence-electron chi connectivity index (χ4n) is 2.75. The summed E-state index contributed by atoms with van der Waals surface area (Å²) in [6.45, 7) is 0.431. The number of nitrogens with one attached hydrogen (secondary N) is 1. The van der Waals surface area contributed by atoms with E-state index in [0.717, 1.165) is 5.56 Å². The van der Waals surface area contributed by atoms with E-state index in [9.17, 15) is 9.18 Å². The number of hydrogen-bond donors (Lipinski definition) is 1. The number of carbonyl (C=O) groups is 1. The predicted molar refractivity (Wildman–Crippen MR) is 102 cm³/mol. The van der Waals surface area contributed by atoms with Crippen LogP contribution in [0.5, 0.6) is 0 Å². The Morgan fingerprint density at radius 2 is 2.04 bits per heavy atom. The molecule has 2 aromatic carbocycles. The van der Waals surface area contributed by atoms with E-state index in [1.807, 2.05) is 18.2 Å². The maximum absolute atomic E-state index is 13.0. The summed E-state index contributed by atoms with van der Waals surface area (Å²) in [6.07, 6.45) is 0.989. The molecule has 1 atom stereocenters. The Bertz CT molecular complexity index is 1030. The molecule has 1 N–H and O–H groups in total. The number of oxime groups is 1. The summed E-state index contributed by atoms with van der Waals surface area (Å²) in [6, 6.07) is 13.3. The number of hydrogen-bond acceptors (Lipinski definition) is 5. The van der Waals surface area contributed by atoms with E-state index < -0.39 is 12.0 Å². The first-order valence-electron chi connectivity index (χ1n) is 8.51. The molecule has 3 aromatic rings. The van der Waals surface area contributed by atoms with Crippen LogP contribution in [0.3, 0.4) is 0 Å². The zero-order chi connectivity index (χ0) is 19.5. The van der Waals surface area contributed by atoms with E-state index in [1.165, 1.54) is 18.5 Å². The minimum absolute atomic E-state index is 0.163. The molecule has 0 bridgehead atoms. The molecule has 2 heterocycles. The van der Waals surface area contributed by atoms with Crippen LogP contribution < -0.4 is 5.32 Å². The van der Waals surface area contributed by atoms with Crippen molar-refractivity contribution >= 4 is 29.2 Å². The van der Waals surface area contributed by atoms with Crippen LogP contribution in [0.4, 0.5) is 10.3 Å². The monoisotopic (exact) mass is 399 g/mol. The molecule has 0 spiro atoms. The number of aromatic nitrogens is 3. The average molecular weight is 400 g/mol. The van der Waals surface area contributed by atoms with Crippen molar-refractivity contribution in [3.05, 3.63) is 76.8 Å². The van der Waals surface area contributed by atoms with Gasteiger partial charge in [-0.25, -0.2) is 14.1 Å². The highest BCUT2D eigenvalue weighted by molar-refractivity contribution is 6.31. The van der Waals surface area contributed by atoms with Crippen LogP contribution in [-0.4, -0.2) is 32.5 Å². The Morgan fingerprint density at radius 1 is 1.25 bits per heavy atom. The lowest BCUT2D eigenvalue weighted by Gasteiger charge is -2.07. The van der Waals surface area contributed by atoms with E-state index in [1.54, 1.807) is 22.9 Å². The number of nitrogens with zero attached hydrogens (tertiary/aromatic N) is 4. The molecule has 0 radical (unpaired) electrons. The molecular formula is C19H15ClFN5O2. The summed E-state index contributed by atoms with van der Waals surface area (Å²) in [5, 5.41) is 11.4. The third-order valence-corrected chi connectivity index (χ3v) is 4.57. The van der Waals surface area contributed by atoms with Gasteiger partial charge in [-0.2, -0.15) is 0 Å². The largest absolute Gasteiger partial charge is 0.382 e. The van der Waals surface area contributed by atoms with Gasteiger partial charge < -0.3 is 4.84 Å². The minimum atomic E-state index is -0.796. The lowest BCUT2D eigenvalue weighted by Crippen LogP contribution is -2.28. The molecule has 7 nitrogen and oxygen atoms in total. The van der Waals surface area contributed by atoms with E-state index in [0.29, 0.717) is 22.8 Å². The number of anilines is 1. The van der Waals surface area contributed by atoms with Gasteiger partial charge in [0.2, 0.25) is 12.1 Å². The number of carbonyl (C=O) groups excluding carboxylic acids is 1. The molecule has 1 aliphatic heterocycles. The fourth-order valence-corrected chi connectivity index (χ4v) is 2.95. The maximum atomic E-state index is 13.0. The predicted octanol–water partition coefficient (Wildman–Crippen LogP) is 3.25. The molecular weight excluding hydrogens is 385 g/mol. The van der Waals surface area contributed by atoms with Gasteiger partial charge in [0.1, 0.15) is 12.1 Å². The molecule has 1 unspecified atom stereocenters. The van der Waals surface area contributed by atoms with Crippen LogP contribution in [-0.2, 0) is 16.2 Å². The minimum Gasteiger partial charge on any atom is -0.382 e. The van der Waals surface area contributed by atoms with E-state index in [4.69, 9.17) is 16.4 Å². The zero-order valence-electron chi connectivity index (χ0n) is 14.5. The molecule has 0 aliphatic carbocycles. The molecule has 1 aromatic heterocycles. The summed E-state index contributed by atoms with van der Waals surface area (Å²) in [5.74, 6) is -0.580. The average Bonchev–Trinajstić information content (AvgIpc) is 3.34. The first-order chi connectivity index (χ1) is 13.6. The maximum Gasteiger partial charge on any atom is 0.271 e. The van der Waals surface area contributed by atoms with Gasteiger partial charge in [0.15, 0.2) is 0 Å².